The van der Waals surface area contributed by atoms with Crippen LogP contribution in [0.25, 0.3) is 33.3 Å². The molecular weight excluding hydrogens is 516 g/mol. The largest absolute Gasteiger partial charge is 0.507 e. The summed E-state index contributed by atoms with van der Waals surface area (Å²) in [7, 11) is 0. The van der Waals surface area contributed by atoms with E-state index in [0.717, 1.165) is 51.9 Å². The number of aromatic carboxylic acids is 1. The number of carbonyl (C=O) groups is 2. The number of carboxylic acid groups (broad SMARTS) is 1. The number of carboxylic acids is 1. The van der Waals surface area contributed by atoms with Crippen molar-refractivity contribution < 1.29 is 19.8 Å². The molecule has 5 aromatic rings. The molecule has 1 amide bonds. The van der Waals surface area contributed by atoms with Crippen LogP contribution in [-0.2, 0) is 17.8 Å². The first-order valence-corrected chi connectivity index (χ1v) is 13.6. The lowest BCUT2D eigenvalue weighted by Gasteiger charge is -2.35. The van der Waals surface area contributed by atoms with E-state index >= 15 is 0 Å². The van der Waals surface area contributed by atoms with Gasteiger partial charge in [-0.05, 0) is 47.0 Å². The molecule has 6 rings (SSSR count). The number of phenols is 1. The minimum Gasteiger partial charge on any atom is -0.507 e. The Labute approximate surface area is 237 Å². The van der Waals surface area contributed by atoms with Crippen LogP contribution in [0, 0.1) is 0 Å². The Morgan fingerprint density at radius 1 is 0.854 bits per heavy atom. The number of carbonyl (C=O) groups excluding carboxylic acids is 1. The molecule has 0 aliphatic carbocycles. The van der Waals surface area contributed by atoms with Crippen LogP contribution in [-0.4, -0.2) is 68.0 Å². The van der Waals surface area contributed by atoms with Gasteiger partial charge in [0.1, 0.15) is 5.75 Å². The maximum atomic E-state index is 13.0. The number of aromatic amines is 1. The highest BCUT2D eigenvalue weighted by molar-refractivity contribution is 5.89. The number of piperazine rings is 1. The number of nitrogens with zero attached hydrogens (tertiary/aromatic N) is 3. The SMILES string of the molecule is O=C(O)c1cccc(CN2CCN(C(=O)Cc3ccc(-c4cccc(-c5cc6cnccc6[nH]5)c4O)cc3)CC2)c1. The fourth-order valence-corrected chi connectivity index (χ4v) is 5.42. The number of amides is 1. The Morgan fingerprint density at radius 2 is 1.61 bits per heavy atom. The monoisotopic (exact) mass is 546 g/mol. The zero-order chi connectivity index (χ0) is 28.3. The second-order valence-electron chi connectivity index (χ2n) is 10.4. The summed E-state index contributed by atoms with van der Waals surface area (Å²) in [5.74, 6) is -0.643. The average molecular weight is 547 g/mol. The molecule has 41 heavy (non-hydrogen) atoms. The number of rotatable bonds is 7. The van der Waals surface area contributed by atoms with Crippen molar-refractivity contribution in [1.29, 1.82) is 0 Å². The van der Waals surface area contributed by atoms with Gasteiger partial charge in [-0.15, -0.1) is 0 Å². The molecule has 3 N–H and O–H groups in total. The van der Waals surface area contributed by atoms with Crippen LogP contribution in [0.15, 0.2) is 91.3 Å². The number of phenolic OH excluding ortho intramolecular Hbond substituents is 1. The van der Waals surface area contributed by atoms with E-state index in [2.05, 4.69) is 14.9 Å². The van der Waals surface area contributed by atoms with E-state index in [0.29, 0.717) is 31.6 Å². The molecule has 3 aromatic carbocycles. The Balaban J connectivity index is 1.07. The predicted molar refractivity (Wildman–Crippen MR) is 158 cm³/mol. The molecule has 0 radical (unpaired) electrons. The van der Waals surface area contributed by atoms with Crippen molar-refractivity contribution in [3.63, 3.8) is 0 Å². The third kappa shape index (κ3) is 5.69. The topological polar surface area (TPSA) is 110 Å². The first-order valence-electron chi connectivity index (χ1n) is 13.6. The molecule has 2 aromatic heterocycles. The lowest BCUT2D eigenvalue weighted by molar-refractivity contribution is -0.132. The number of benzene rings is 3. The van der Waals surface area contributed by atoms with E-state index < -0.39 is 5.97 Å². The highest BCUT2D eigenvalue weighted by atomic mass is 16.4. The van der Waals surface area contributed by atoms with Gasteiger partial charge < -0.3 is 20.1 Å². The zero-order valence-electron chi connectivity index (χ0n) is 22.5. The highest BCUT2D eigenvalue weighted by Gasteiger charge is 2.22. The molecule has 8 heteroatoms. The minimum atomic E-state index is -0.927. The van der Waals surface area contributed by atoms with E-state index in [1.54, 1.807) is 30.6 Å². The van der Waals surface area contributed by atoms with Crippen LogP contribution in [0.3, 0.4) is 0 Å². The number of hydrogen-bond donors (Lipinski definition) is 3. The van der Waals surface area contributed by atoms with E-state index in [1.165, 1.54) is 0 Å². The summed E-state index contributed by atoms with van der Waals surface area (Å²) in [6.45, 7) is 3.42. The fourth-order valence-electron chi connectivity index (χ4n) is 5.42. The quantitative estimate of drug-likeness (QED) is 0.259. The maximum Gasteiger partial charge on any atom is 0.335 e. The molecule has 0 unspecified atom stereocenters. The van der Waals surface area contributed by atoms with E-state index in [1.807, 2.05) is 65.6 Å². The van der Waals surface area contributed by atoms with Gasteiger partial charge in [-0.25, -0.2) is 4.79 Å². The predicted octanol–water partition coefficient (Wildman–Crippen LogP) is 5.19. The van der Waals surface area contributed by atoms with Gasteiger partial charge in [-0.1, -0.05) is 48.5 Å². The summed E-state index contributed by atoms with van der Waals surface area (Å²) < 4.78 is 0. The van der Waals surface area contributed by atoms with Crippen molar-refractivity contribution in [3.8, 4) is 28.1 Å². The third-order valence-corrected chi connectivity index (χ3v) is 7.67. The number of nitrogens with one attached hydrogen (secondary N) is 1. The lowest BCUT2D eigenvalue weighted by Crippen LogP contribution is -2.48. The van der Waals surface area contributed by atoms with Crippen molar-refractivity contribution in [2.75, 3.05) is 26.2 Å². The van der Waals surface area contributed by atoms with Crippen LogP contribution in [0.2, 0.25) is 0 Å². The Kier molecular flexibility index (Phi) is 7.22. The first-order chi connectivity index (χ1) is 19.9. The van der Waals surface area contributed by atoms with Crippen LogP contribution >= 0.6 is 0 Å². The van der Waals surface area contributed by atoms with Gasteiger partial charge in [-0.3, -0.25) is 14.7 Å². The second-order valence-corrected chi connectivity index (χ2v) is 10.4. The van der Waals surface area contributed by atoms with Gasteiger partial charge in [0.25, 0.3) is 0 Å². The second kappa shape index (κ2) is 11.3. The Bertz CT molecular complexity index is 1690. The molecule has 3 heterocycles. The zero-order valence-corrected chi connectivity index (χ0v) is 22.5. The summed E-state index contributed by atoms with van der Waals surface area (Å²) in [4.78, 5) is 35.9. The van der Waals surface area contributed by atoms with Gasteiger partial charge in [-0.2, -0.15) is 0 Å². The van der Waals surface area contributed by atoms with Crippen molar-refractivity contribution in [3.05, 3.63) is 108 Å². The Hall–Kier alpha value is -4.95. The van der Waals surface area contributed by atoms with Crippen LogP contribution in [0.5, 0.6) is 5.75 Å². The molecule has 1 fully saturated rings. The molecular formula is C33H30N4O4. The average Bonchev–Trinajstić information content (AvgIpc) is 3.42. The van der Waals surface area contributed by atoms with Crippen LogP contribution in [0.1, 0.15) is 21.5 Å². The molecule has 1 saturated heterocycles. The number of H-pyrrole nitrogens is 1. The summed E-state index contributed by atoms with van der Waals surface area (Å²) >= 11 is 0. The van der Waals surface area contributed by atoms with Crippen molar-refractivity contribution >= 4 is 22.8 Å². The van der Waals surface area contributed by atoms with Crippen LogP contribution in [0.4, 0.5) is 0 Å². The molecule has 206 valence electrons. The van der Waals surface area contributed by atoms with Gasteiger partial charge in [0, 0.05) is 67.1 Å². The number of pyridine rings is 1. The van der Waals surface area contributed by atoms with Crippen molar-refractivity contribution in [2.45, 2.75) is 13.0 Å². The van der Waals surface area contributed by atoms with Gasteiger partial charge >= 0.3 is 5.97 Å². The molecule has 0 atom stereocenters. The third-order valence-electron chi connectivity index (χ3n) is 7.67. The summed E-state index contributed by atoms with van der Waals surface area (Å²) in [6.07, 6.45) is 3.84. The number of fused-ring (bicyclic) bond motifs is 1. The molecule has 1 aliphatic rings. The summed E-state index contributed by atoms with van der Waals surface area (Å²) in [5.41, 5.74) is 6.26. The smallest absolute Gasteiger partial charge is 0.335 e. The maximum absolute atomic E-state index is 13.0. The number of aromatic nitrogens is 2. The Morgan fingerprint density at radius 3 is 2.37 bits per heavy atom. The van der Waals surface area contributed by atoms with Gasteiger partial charge in [0.15, 0.2) is 0 Å². The summed E-state index contributed by atoms with van der Waals surface area (Å²) in [6, 6.07) is 24.4. The first kappa shape index (κ1) is 26.3. The lowest BCUT2D eigenvalue weighted by atomic mass is 9.98. The standard InChI is InChI=1S/C33H30N4O4/c38-31(37-15-13-36(14-16-37)21-23-3-1-4-25(17-23)33(40)41)18-22-7-9-24(10-8-22)27-5-2-6-28(32(27)39)30-19-26-20-34-12-11-29(26)35-30/h1-12,17,19-20,35,39H,13-16,18,21H2,(H,40,41). The fraction of sp³-hybridized carbons (Fsp3) is 0.182. The highest BCUT2D eigenvalue weighted by Crippen LogP contribution is 2.38. The van der Waals surface area contributed by atoms with E-state index in [-0.39, 0.29) is 17.2 Å². The molecule has 0 bridgehead atoms. The van der Waals surface area contributed by atoms with Gasteiger partial charge in [0.05, 0.1) is 17.7 Å². The number of aromatic hydroxyl groups is 1. The molecule has 0 spiro atoms. The molecule has 1 aliphatic heterocycles. The number of para-hydroxylation sites is 1. The van der Waals surface area contributed by atoms with Crippen molar-refractivity contribution in [1.82, 2.24) is 19.8 Å². The normalized spacial score (nSPS) is 13.9. The molecule has 8 nitrogen and oxygen atoms in total. The van der Waals surface area contributed by atoms with Gasteiger partial charge in [0.2, 0.25) is 5.91 Å². The number of hydrogen-bond acceptors (Lipinski definition) is 5. The van der Waals surface area contributed by atoms with Crippen molar-refractivity contribution in [2.24, 2.45) is 0 Å². The summed E-state index contributed by atoms with van der Waals surface area (Å²) in [5, 5.41) is 21.3. The van der Waals surface area contributed by atoms with E-state index in [4.69, 9.17) is 0 Å². The minimum absolute atomic E-state index is 0.0865. The van der Waals surface area contributed by atoms with Crippen LogP contribution < -0.4 is 0 Å². The van der Waals surface area contributed by atoms with E-state index in [9.17, 15) is 19.8 Å². The molecule has 0 saturated carbocycles.